The Labute approximate surface area is 177 Å². The maximum absolute atomic E-state index is 14.2. The van der Waals surface area contributed by atoms with E-state index in [9.17, 15) is 9.18 Å². The lowest BCUT2D eigenvalue weighted by Gasteiger charge is -2.32. The van der Waals surface area contributed by atoms with E-state index in [1.807, 2.05) is 55.5 Å². The van der Waals surface area contributed by atoms with Gasteiger partial charge in [-0.15, -0.1) is 0 Å². The second-order valence-electron chi connectivity index (χ2n) is 8.67. The standard InChI is InChI=1S/C25H29FN2O2/c1-18(19-10-6-5-7-11-19)27-24(29)23-15-14-21(30-23)17-28(25(2,3)4)16-20-12-8-9-13-22(20)26/h5-15,18H,16-17H2,1-4H3,(H,27,29)/p+1/t18-/m1/s1. The predicted octanol–water partition coefficient (Wildman–Crippen LogP) is 4.29. The van der Waals surface area contributed by atoms with Gasteiger partial charge in [-0.25, -0.2) is 4.39 Å². The molecular weight excluding hydrogens is 379 g/mol. The third-order valence-electron chi connectivity index (χ3n) is 5.34. The Bertz CT molecular complexity index is 976. The van der Waals surface area contributed by atoms with E-state index in [0.29, 0.717) is 24.4 Å². The maximum Gasteiger partial charge on any atom is 0.287 e. The van der Waals surface area contributed by atoms with Crippen LogP contribution >= 0.6 is 0 Å². The average Bonchev–Trinajstić information content (AvgIpc) is 3.18. The van der Waals surface area contributed by atoms with Crippen molar-refractivity contribution in [3.8, 4) is 0 Å². The lowest BCUT2D eigenvalue weighted by atomic mass is 10.0. The molecule has 0 saturated heterocycles. The van der Waals surface area contributed by atoms with Gasteiger partial charge in [0.15, 0.2) is 11.5 Å². The molecule has 0 fully saturated rings. The third kappa shape index (κ3) is 5.57. The molecule has 0 aliphatic rings. The van der Waals surface area contributed by atoms with Crippen LogP contribution in [0.2, 0.25) is 0 Å². The van der Waals surface area contributed by atoms with Gasteiger partial charge >= 0.3 is 0 Å². The summed E-state index contributed by atoms with van der Waals surface area (Å²) in [5.74, 6) is 0.540. The number of furan rings is 1. The molecule has 1 unspecified atom stereocenters. The largest absolute Gasteiger partial charge is 0.450 e. The summed E-state index contributed by atoms with van der Waals surface area (Å²) in [6, 6.07) is 20.0. The molecule has 5 heteroatoms. The van der Waals surface area contributed by atoms with Crippen molar-refractivity contribution in [2.45, 2.75) is 52.4 Å². The Kier molecular flexibility index (Phi) is 6.73. The van der Waals surface area contributed by atoms with Gasteiger partial charge in [-0.2, -0.15) is 0 Å². The lowest BCUT2D eigenvalue weighted by Crippen LogP contribution is -3.16. The van der Waals surface area contributed by atoms with Crippen molar-refractivity contribution in [3.63, 3.8) is 0 Å². The Morgan fingerprint density at radius 1 is 1.00 bits per heavy atom. The van der Waals surface area contributed by atoms with Gasteiger partial charge in [0.2, 0.25) is 0 Å². The molecule has 3 rings (SSSR count). The predicted molar refractivity (Wildman–Crippen MR) is 116 cm³/mol. The molecule has 2 N–H and O–H groups in total. The minimum atomic E-state index is -0.246. The maximum atomic E-state index is 14.2. The van der Waals surface area contributed by atoms with Crippen molar-refractivity contribution < 1.29 is 18.5 Å². The summed E-state index contributed by atoms with van der Waals surface area (Å²) in [7, 11) is 0. The molecule has 0 spiro atoms. The topological polar surface area (TPSA) is 46.7 Å². The molecule has 1 amide bonds. The Balaban J connectivity index is 1.69. The highest BCUT2D eigenvalue weighted by atomic mass is 19.1. The summed E-state index contributed by atoms with van der Waals surface area (Å²) < 4.78 is 20.0. The number of benzene rings is 2. The van der Waals surface area contributed by atoms with Crippen LogP contribution in [0.25, 0.3) is 0 Å². The van der Waals surface area contributed by atoms with Crippen LogP contribution in [0.1, 0.15) is 61.2 Å². The van der Waals surface area contributed by atoms with Crippen molar-refractivity contribution >= 4 is 5.91 Å². The number of carbonyl (C=O) groups is 1. The number of hydrogen-bond donors (Lipinski definition) is 2. The highest BCUT2D eigenvalue weighted by Gasteiger charge is 2.28. The number of halogens is 1. The van der Waals surface area contributed by atoms with Crippen LogP contribution in [-0.4, -0.2) is 11.4 Å². The molecule has 2 aromatic carbocycles. The molecule has 158 valence electrons. The van der Waals surface area contributed by atoms with Gasteiger partial charge in [0.1, 0.15) is 18.9 Å². The zero-order valence-electron chi connectivity index (χ0n) is 18.0. The fraction of sp³-hybridized carbons (Fsp3) is 0.320. The van der Waals surface area contributed by atoms with Crippen molar-refractivity contribution in [2.75, 3.05) is 0 Å². The highest BCUT2D eigenvalue weighted by molar-refractivity contribution is 5.91. The summed E-state index contributed by atoms with van der Waals surface area (Å²) in [6.07, 6.45) is 0. The number of amides is 1. The van der Waals surface area contributed by atoms with Crippen LogP contribution in [0.15, 0.2) is 71.1 Å². The monoisotopic (exact) mass is 409 g/mol. The van der Waals surface area contributed by atoms with E-state index in [-0.39, 0.29) is 29.1 Å². The number of hydrogen-bond acceptors (Lipinski definition) is 2. The van der Waals surface area contributed by atoms with E-state index in [1.165, 1.54) is 6.07 Å². The van der Waals surface area contributed by atoms with Crippen molar-refractivity contribution in [2.24, 2.45) is 0 Å². The van der Waals surface area contributed by atoms with Crippen molar-refractivity contribution in [1.82, 2.24) is 5.32 Å². The van der Waals surface area contributed by atoms with Crippen molar-refractivity contribution in [3.05, 3.63) is 95.2 Å². The molecule has 0 aliphatic heterocycles. The molecule has 3 aromatic rings. The van der Waals surface area contributed by atoms with E-state index < -0.39 is 0 Å². The highest BCUT2D eigenvalue weighted by Crippen LogP contribution is 2.14. The summed E-state index contributed by atoms with van der Waals surface area (Å²) in [5, 5.41) is 2.97. The summed E-state index contributed by atoms with van der Waals surface area (Å²) in [6.45, 7) is 9.36. The van der Waals surface area contributed by atoms with Gasteiger partial charge in [0.05, 0.1) is 11.6 Å². The van der Waals surface area contributed by atoms with Crippen molar-refractivity contribution in [1.29, 1.82) is 0 Å². The number of carbonyl (C=O) groups excluding carboxylic acids is 1. The quantitative estimate of drug-likeness (QED) is 0.611. The smallest absolute Gasteiger partial charge is 0.287 e. The molecule has 2 atom stereocenters. The molecule has 30 heavy (non-hydrogen) atoms. The molecule has 0 radical (unpaired) electrons. The number of nitrogens with one attached hydrogen (secondary N) is 2. The second-order valence-corrected chi connectivity index (χ2v) is 8.67. The van der Waals surface area contributed by atoms with Crippen LogP contribution in [-0.2, 0) is 13.1 Å². The van der Waals surface area contributed by atoms with Gasteiger partial charge in [-0.1, -0.05) is 48.5 Å². The van der Waals surface area contributed by atoms with Crippen LogP contribution < -0.4 is 10.2 Å². The van der Waals surface area contributed by atoms with E-state index >= 15 is 0 Å². The van der Waals surface area contributed by atoms with Gasteiger partial charge in [0.25, 0.3) is 5.91 Å². The zero-order valence-corrected chi connectivity index (χ0v) is 18.0. The van der Waals surface area contributed by atoms with E-state index in [1.54, 1.807) is 12.1 Å². The Morgan fingerprint density at radius 3 is 2.33 bits per heavy atom. The SMILES string of the molecule is C[C@@H](NC(=O)c1ccc(C[NH+](Cc2ccccc2F)C(C)(C)C)o1)c1ccccc1. The molecule has 0 saturated carbocycles. The van der Waals surface area contributed by atoms with Crippen LogP contribution in [0.3, 0.4) is 0 Å². The average molecular weight is 410 g/mol. The van der Waals surface area contributed by atoms with Gasteiger partial charge in [0, 0.05) is 5.56 Å². The Morgan fingerprint density at radius 2 is 1.67 bits per heavy atom. The molecule has 1 heterocycles. The fourth-order valence-corrected chi connectivity index (χ4v) is 3.36. The normalized spacial score (nSPS) is 13.6. The van der Waals surface area contributed by atoms with Gasteiger partial charge in [-0.05, 0) is 51.5 Å². The molecule has 0 bridgehead atoms. The summed E-state index contributed by atoms with van der Waals surface area (Å²) in [5.41, 5.74) is 1.58. The van der Waals surface area contributed by atoms with Crippen LogP contribution in [0, 0.1) is 5.82 Å². The first-order valence-corrected chi connectivity index (χ1v) is 10.3. The second kappa shape index (κ2) is 9.26. The molecule has 0 aliphatic carbocycles. The van der Waals surface area contributed by atoms with Gasteiger partial charge < -0.3 is 14.6 Å². The molecule has 4 nitrogen and oxygen atoms in total. The van der Waals surface area contributed by atoms with Crippen LogP contribution in [0.5, 0.6) is 0 Å². The number of rotatable bonds is 7. The van der Waals surface area contributed by atoms with Crippen LogP contribution in [0.4, 0.5) is 4.39 Å². The minimum absolute atomic E-state index is 0.120. The fourth-order valence-electron chi connectivity index (χ4n) is 3.36. The molecular formula is C25H30FN2O2+. The van der Waals surface area contributed by atoms with E-state index in [0.717, 1.165) is 10.5 Å². The minimum Gasteiger partial charge on any atom is -0.450 e. The number of quaternary nitrogens is 1. The summed E-state index contributed by atoms with van der Waals surface area (Å²) in [4.78, 5) is 13.7. The van der Waals surface area contributed by atoms with E-state index in [4.69, 9.17) is 4.42 Å². The van der Waals surface area contributed by atoms with E-state index in [2.05, 4.69) is 26.1 Å². The lowest BCUT2D eigenvalue weighted by molar-refractivity contribution is -0.973. The zero-order chi connectivity index (χ0) is 21.7. The van der Waals surface area contributed by atoms with Gasteiger partial charge in [-0.3, -0.25) is 4.79 Å². The first-order valence-electron chi connectivity index (χ1n) is 10.3. The third-order valence-corrected chi connectivity index (χ3v) is 5.34. The first kappa shape index (κ1) is 21.8. The first-order chi connectivity index (χ1) is 14.2. The summed E-state index contributed by atoms with van der Waals surface area (Å²) >= 11 is 0. The Hall–Kier alpha value is -2.92. The molecule has 1 aromatic heterocycles.